The van der Waals surface area contributed by atoms with Crippen LogP contribution in [0.15, 0.2) is 57.5 Å². The summed E-state index contributed by atoms with van der Waals surface area (Å²) in [6.45, 7) is 8.35. The van der Waals surface area contributed by atoms with Crippen molar-refractivity contribution < 1.29 is 23.7 Å². The number of carbonyl (C=O) groups excluding carboxylic acids is 1. The van der Waals surface area contributed by atoms with Crippen LogP contribution in [0.25, 0.3) is 6.08 Å². The van der Waals surface area contributed by atoms with Crippen LogP contribution in [-0.4, -0.2) is 37.5 Å². The summed E-state index contributed by atoms with van der Waals surface area (Å²) in [6.07, 6.45) is 1.76. The molecule has 2 heterocycles. The van der Waals surface area contributed by atoms with Crippen molar-refractivity contribution in [3.8, 4) is 17.2 Å². The monoisotopic (exact) mass is 556 g/mol. The van der Waals surface area contributed by atoms with E-state index in [1.807, 2.05) is 26.0 Å². The van der Waals surface area contributed by atoms with Crippen molar-refractivity contribution in [2.24, 2.45) is 4.99 Å². The number of allylic oxidation sites excluding steroid dienone is 1. The minimum Gasteiger partial charge on any atom is -0.493 e. The molecule has 0 spiro atoms. The maximum atomic E-state index is 13.8. The average Bonchev–Trinajstić information content (AvgIpc) is 3.19. The molecule has 0 N–H and O–H groups in total. The SMILES string of the molecule is CCOC(=O)C1=C(C)N=c2s/c(=C\c3ccc(OCC)c(Cl)c3)c(=O)n2[C@@H]1c1ccc(OC)c(OCC)c1. The zero-order chi connectivity index (χ0) is 27.4. The Bertz CT molecular complexity index is 1570. The Balaban J connectivity index is 1.92. The predicted octanol–water partition coefficient (Wildman–Crippen LogP) is 4.26. The van der Waals surface area contributed by atoms with Gasteiger partial charge in [-0.1, -0.05) is 35.1 Å². The van der Waals surface area contributed by atoms with Crippen LogP contribution < -0.4 is 29.1 Å². The molecule has 1 atom stereocenters. The van der Waals surface area contributed by atoms with Gasteiger partial charge in [-0.15, -0.1) is 0 Å². The molecule has 4 rings (SSSR count). The maximum Gasteiger partial charge on any atom is 0.338 e. The number of aromatic nitrogens is 1. The number of ether oxygens (including phenoxy) is 4. The molecule has 38 heavy (non-hydrogen) atoms. The molecule has 0 saturated heterocycles. The Morgan fingerprint density at radius 2 is 1.76 bits per heavy atom. The molecule has 0 amide bonds. The van der Waals surface area contributed by atoms with Crippen LogP contribution in [0.4, 0.5) is 0 Å². The van der Waals surface area contributed by atoms with Gasteiger partial charge >= 0.3 is 5.97 Å². The molecule has 1 aliphatic heterocycles. The molecule has 1 aromatic heterocycles. The average molecular weight is 557 g/mol. The minimum atomic E-state index is -0.763. The topological polar surface area (TPSA) is 88.4 Å². The fraction of sp³-hybridized carbons (Fsp3) is 0.321. The van der Waals surface area contributed by atoms with Crippen LogP contribution in [0.1, 0.15) is 44.9 Å². The molecule has 0 radical (unpaired) electrons. The molecule has 1 aliphatic rings. The third kappa shape index (κ3) is 5.35. The number of nitrogens with zero attached hydrogens (tertiary/aromatic N) is 2. The molecule has 0 fully saturated rings. The van der Waals surface area contributed by atoms with Crippen molar-refractivity contribution in [1.82, 2.24) is 4.57 Å². The molecule has 200 valence electrons. The largest absolute Gasteiger partial charge is 0.493 e. The van der Waals surface area contributed by atoms with Gasteiger partial charge in [-0.25, -0.2) is 9.79 Å². The fourth-order valence-corrected chi connectivity index (χ4v) is 5.56. The third-order valence-electron chi connectivity index (χ3n) is 5.87. The van der Waals surface area contributed by atoms with Crippen LogP contribution in [0.5, 0.6) is 17.2 Å². The Morgan fingerprint density at radius 1 is 1.05 bits per heavy atom. The van der Waals surface area contributed by atoms with Gasteiger partial charge in [-0.2, -0.15) is 0 Å². The van der Waals surface area contributed by atoms with Crippen molar-refractivity contribution >= 4 is 35.0 Å². The van der Waals surface area contributed by atoms with E-state index < -0.39 is 12.0 Å². The normalized spacial score (nSPS) is 15.1. The smallest absolute Gasteiger partial charge is 0.338 e. The van der Waals surface area contributed by atoms with E-state index in [2.05, 4.69) is 4.99 Å². The van der Waals surface area contributed by atoms with E-state index in [0.717, 1.165) is 5.56 Å². The number of halogens is 1. The van der Waals surface area contributed by atoms with Gasteiger partial charge in [0.05, 0.1) is 53.8 Å². The predicted molar refractivity (Wildman–Crippen MR) is 147 cm³/mol. The van der Waals surface area contributed by atoms with E-state index in [9.17, 15) is 9.59 Å². The second kappa shape index (κ2) is 11.9. The molecule has 2 aromatic carbocycles. The summed E-state index contributed by atoms with van der Waals surface area (Å²) in [7, 11) is 1.56. The van der Waals surface area contributed by atoms with Crippen LogP contribution in [0, 0.1) is 0 Å². The molecular formula is C28H29ClN2O6S. The number of carbonyl (C=O) groups is 1. The van der Waals surface area contributed by atoms with Gasteiger partial charge in [0.15, 0.2) is 16.3 Å². The first-order chi connectivity index (χ1) is 18.3. The Morgan fingerprint density at radius 3 is 2.42 bits per heavy atom. The summed E-state index contributed by atoms with van der Waals surface area (Å²) < 4.78 is 24.1. The van der Waals surface area contributed by atoms with E-state index in [-0.39, 0.29) is 12.2 Å². The Hall–Kier alpha value is -3.56. The molecule has 0 aliphatic carbocycles. The van der Waals surface area contributed by atoms with Gasteiger partial charge < -0.3 is 18.9 Å². The van der Waals surface area contributed by atoms with E-state index in [1.54, 1.807) is 51.3 Å². The minimum absolute atomic E-state index is 0.193. The van der Waals surface area contributed by atoms with Gasteiger partial charge in [-0.05, 0) is 69.2 Å². The number of esters is 1. The summed E-state index contributed by atoms with van der Waals surface area (Å²) in [5.74, 6) is 1.11. The molecule has 10 heteroatoms. The number of methoxy groups -OCH3 is 1. The van der Waals surface area contributed by atoms with Crippen LogP contribution in [0.3, 0.4) is 0 Å². The van der Waals surface area contributed by atoms with E-state index in [4.69, 9.17) is 30.5 Å². The second-order valence-corrected chi connectivity index (χ2v) is 9.68. The summed E-state index contributed by atoms with van der Waals surface area (Å²) in [4.78, 5) is 32.0. The van der Waals surface area contributed by atoms with Gasteiger partial charge in [0.25, 0.3) is 5.56 Å². The van der Waals surface area contributed by atoms with Crippen molar-refractivity contribution in [2.45, 2.75) is 33.7 Å². The molecular weight excluding hydrogens is 528 g/mol. The molecule has 0 bridgehead atoms. The number of hydrogen-bond donors (Lipinski definition) is 0. The maximum absolute atomic E-state index is 13.8. The van der Waals surface area contributed by atoms with E-state index in [1.165, 1.54) is 15.9 Å². The van der Waals surface area contributed by atoms with Crippen LogP contribution in [-0.2, 0) is 9.53 Å². The van der Waals surface area contributed by atoms with Crippen molar-refractivity contribution in [2.75, 3.05) is 26.9 Å². The van der Waals surface area contributed by atoms with Gasteiger partial charge in [-0.3, -0.25) is 9.36 Å². The van der Waals surface area contributed by atoms with E-state index >= 15 is 0 Å². The van der Waals surface area contributed by atoms with Gasteiger partial charge in [0.1, 0.15) is 5.75 Å². The standard InChI is InChI=1S/C28H29ClN2O6S/c1-6-35-20-11-9-17(13-19(20)29)14-23-26(32)31-25(18-10-12-21(34-5)22(15-18)36-7-2)24(27(33)37-8-3)16(4)30-28(31)38-23/h9-15,25H,6-8H2,1-5H3/b23-14-/t25-/m1/s1. The van der Waals surface area contributed by atoms with Crippen molar-refractivity contribution in [3.63, 3.8) is 0 Å². The quantitative estimate of drug-likeness (QED) is 0.366. The van der Waals surface area contributed by atoms with Gasteiger partial charge in [0, 0.05) is 0 Å². The lowest BCUT2D eigenvalue weighted by atomic mass is 9.95. The van der Waals surface area contributed by atoms with Crippen LogP contribution >= 0.6 is 22.9 Å². The lowest BCUT2D eigenvalue weighted by Crippen LogP contribution is -2.40. The number of rotatable bonds is 9. The Kier molecular flexibility index (Phi) is 8.58. The first kappa shape index (κ1) is 27.5. The van der Waals surface area contributed by atoms with Gasteiger partial charge in [0.2, 0.25) is 0 Å². The molecule has 3 aromatic rings. The zero-order valence-electron chi connectivity index (χ0n) is 21.9. The van der Waals surface area contributed by atoms with Crippen LogP contribution in [0.2, 0.25) is 5.02 Å². The van der Waals surface area contributed by atoms with E-state index in [0.29, 0.717) is 61.7 Å². The number of thiazole rings is 1. The highest BCUT2D eigenvalue weighted by atomic mass is 35.5. The molecule has 0 saturated carbocycles. The first-order valence-electron chi connectivity index (χ1n) is 12.3. The Labute approximate surface area is 229 Å². The highest BCUT2D eigenvalue weighted by Crippen LogP contribution is 2.36. The molecule has 0 unspecified atom stereocenters. The number of fused-ring (bicyclic) bond motifs is 1. The lowest BCUT2D eigenvalue weighted by molar-refractivity contribution is -0.139. The zero-order valence-corrected chi connectivity index (χ0v) is 23.4. The number of hydrogen-bond acceptors (Lipinski definition) is 8. The second-order valence-electron chi connectivity index (χ2n) is 8.27. The summed E-state index contributed by atoms with van der Waals surface area (Å²) in [6, 6.07) is 9.95. The highest BCUT2D eigenvalue weighted by Gasteiger charge is 2.34. The molecule has 8 nitrogen and oxygen atoms in total. The fourth-order valence-electron chi connectivity index (χ4n) is 4.27. The lowest BCUT2D eigenvalue weighted by Gasteiger charge is -2.25. The first-order valence-corrected chi connectivity index (χ1v) is 13.4. The van der Waals surface area contributed by atoms with Crippen molar-refractivity contribution in [1.29, 1.82) is 0 Å². The van der Waals surface area contributed by atoms with Crippen molar-refractivity contribution in [3.05, 3.63) is 83.5 Å². The number of benzene rings is 2. The summed E-state index contributed by atoms with van der Waals surface area (Å²) in [5.41, 5.74) is 1.90. The summed E-state index contributed by atoms with van der Waals surface area (Å²) in [5, 5.41) is 0.452. The highest BCUT2D eigenvalue weighted by molar-refractivity contribution is 7.07. The third-order valence-corrected chi connectivity index (χ3v) is 7.15. The summed E-state index contributed by atoms with van der Waals surface area (Å²) >= 11 is 7.60.